The number of aliphatic hydroxyl groups is 1. The summed E-state index contributed by atoms with van der Waals surface area (Å²) in [5, 5.41) is 16.5. The summed E-state index contributed by atoms with van der Waals surface area (Å²) in [6, 6.07) is 31.8. The smallest absolute Gasteiger partial charge is 0.268 e. The van der Waals surface area contributed by atoms with Gasteiger partial charge in [0.1, 0.15) is 0 Å². The third kappa shape index (κ3) is 5.91. The van der Waals surface area contributed by atoms with E-state index in [4.69, 9.17) is 9.84 Å². The van der Waals surface area contributed by atoms with E-state index in [0.29, 0.717) is 42.0 Å². The highest BCUT2D eigenvalue weighted by molar-refractivity contribution is 6.72. The molecule has 0 bridgehead atoms. The van der Waals surface area contributed by atoms with Crippen LogP contribution in [0.5, 0.6) is 0 Å². The van der Waals surface area contributed by atoms with Crippen LogP contribution in [0.15, 0.2) is 108 Å². The number of benzene rings is 4. The highest BCUT2D eigenvalue weighted by atomic mass is 28.4. The molecule has 272 valence electrons. The number of para-hydroxylation sites is 1. The highest BCUT2D eigenvalue weighted by Gasteiger charge is 2.67. The molecule has 11 heteroatoms. The van der Waals surface area contributed by atoms with Gasteiger partial charge in [0.25, 0.3) is 5.91 Å². The van der Waals surface area contributed by atoms with Crippen molar-refractivity contribution in [1.29, 1.82) is 0 Å². The minimum absolute atomic E-state index is 0.140. The van der Waals surface area contributed by atoms with Gasteiger partial charge < -0.3 is 18.9 Å². The van der Waals surface area contributed by atoms with Crippen molar-refractivity contribution in [3.8, 4) is 0 Å². The van der Waals surface area contributed by atoms with Crippen LogP contribution in [-0.2, 0) is 37.7 Å². The lowest BCUT2D eigenvalue weighted by Gasteiger charge is -2.37. The maximum absolute atomic E-state index is 16.7. The van der Waals surface area contributed by atoms with E-state index in [1.807, 2.05) is 97.9 Å². The van der Waals surface area contributed by atoms with Crippen LogP contribution in [0.2, 0.25) is 18.6 Å². The molecule has 53 heavy (non-hydrogen) atoms. The van der Waals surface area contributed by atoms with E-state index in [1.165, 1.54) is 5.01 Å². The molecule has 4 aliphatic rings. The molecule has 4 aromatic rings. The Balaban J connectivity index is 1.21. The zero-order valence-corrected chi connectivity index (χ0v) is 31.1. The third-order valence-corrected chi connectivity index (χ3v) is 14.0. The number of hydrogen-bond acceptors (Lipinski definition) is 6. The summed E-state index contributed by atoms with van der Waals surface area (Å²) < 4.78 is 23.7. The number of amides is 3. The van der Waals surface area contributed by atoms with Gasteiger partial charge in [0, 0.05) is 42.1 Å². The fourth-order valence-corrected chi connectivity index (χ4v) is 11.5. The number of ether oxygens (including phenoxy) is 1. The summed E-state index contributed by atoms with van der Waals surface area (Å²) >= 11 is 0. The molecule has 0 aliphatic carbocycles. The van der Waals surface area contributed by atoms with E-state index in [1.54, 1.807) is 35.0 Å². The molecule has 5 atom stereocenters. The van der Waals surface area contributed by atoms with Crippen LogP contribution < -0.4 is 9.91 Å². The van der Waals surface area contributed by atoms with Gasteiger partial charge in [-0.2, -0.15) is 5.10 Å². The number of rotatable bonds is 7. The minimum atomic E-state index is -3.60. The van der Waals surface area contributed by atoms with Crippen molar-refractivity contribution in [3.05, 3.63) is 125 Å². The van der Waals surface area contributed by atoms with Gasteiger partial charge in [-0.15, -0.1) is 0 Å². The number of fused-ring (bicyclic) bond motifs is 3. The average molecular weight is 731 g/mol. The third-order valence-electron chi connectivity index (χ3n) is 11.5. The lowest BCUT2D eigenvalue weighted by Crippen LogP contribution is -2.48. The topological polar surface area (TPSA) is 103 Å². The second-order valence-corrected chi connectivity index (χ2v) is 18.9. The number of hydrogen-bond donors (Lipinski definition) is 1. The van der Waals surface area contributed by atoms with Crippen LogP contribution in [0.4, 0.5) is 21.2 Å². The van der Waals surface area contributed by atoms with Gasteiger partial charge in [0.15, 0.2) is 5.60 Å². The van der Waals surface area contributed by atoms with E-state index in [2.05, 4.69) is 0 Å². The molecule has 8 rings (SSSR count). The molecule has 0 saturated carbocycles. The summed E-state index contributed by atoms with van der Waals surface area (Å²) in [7, 11) is -3.60. The predicted molar refractivity (Wildman–Crippen MR) is 204 cm³/mol. The van der Waals surface area contributed by atoms with Gasteiger partial charge in [-0.05, 0) is 66.5 Å². The molecule has 0 radical (unpaired) electrons. The first kappa shape index (κ1) is 35.1. The first-order valence-corrected chi connectivity index (χ1v) is 21.3. The SMILES string of the molecule is C[C@@H]1[C@@H]([Si](C)(C)F)[C@H](CC(=O)N2Cc3ccccc3C[C@H]2CO)O[C@@]12C(=O)N(c1ccccc1)c1ccc(N3N=C(c4ccccc4)CCC3=O)cc12. The first-order chi connectivity index (χ1) is 25.5. The van der Waals surface area contributed by atoms with Crippen molar-refractivity contribution < 1.29 is 28.3 Å². The second-order valence-electron chi connectivity index (χ2n) is 15.1. The molecule has 0 aromatic heterocycles. The summed E-state index contributed by atoms with van der Waals surface area (Å²) in [6.07, 6.45) is 0.236. The number of hydrazone groups is 1. The molecule has 4 aliphatic heterocycles. The second kappa shape index (κ2) is 13.5. The van der Waals surface area contributed by atoms with Crippen molar-refractivity contribution in [1.82, 2.24) is 4.90 Å². The number of anilines is 3. The maximum atomic E-state index is 16.7. The van der Waals surface area contributed by atoms with Gasteiger partial charge in [-0.25, -0.2) is 5.01 Å². The van der Waals surface area contributed by atoms with E-state index in [0.717, 1.165) is 22.4 Å². The lowest BCUT2D eigenvalue weighted by atomic mass is 9.82. The zero-order valence-electron chi connectivity index (χ0n) is 30.1. The van der Waals surface area contributed by atoms with Crippen LogP contribution >= 0.6 is 0 Å². The van der Waals surface area contributed by atoms with Crippen LogP contribution in [0, 0.1) is 5.92 Å². The fraction of sp³-hybridized carbons (Fsp3) is 0.333. The van der Waals surface area contributed by atoms with E-state index in [9.17, 15) is 14.7 Å². The summed E-state index contributed by atoms with van der Waals surface area (Å²) in [6.45, 7) is 5.21. The molecule has 1 fully saturated rings. The molecule has 4 aromatic carbocycles. The summed E-state index contributed by atoms with van der Waals surface area (Å²) in [5.41, 5.74) is 3.65. The molecular weight excluding hydrogens is 688 g/mol. The fourth-order valence-electron chi connectivity index (χ4n) is 9.05. The van der Waals surface area contributed by atoms with Crippen molar-refractivity contribution in [3.63, 3.8) is 0 Å². The van der Waals surface area contributed by atoms with Crippen molar-refractivity contribution in [2.24, 2.45) is 11.0 Å². The first-order valence-electron chi connectivity index (χ1n) is 18.3. The van der Waals surface area contributed by atoms with Crippen LogP contribution in [0.25, 0.3) is 0 Å². The Bertz CT molecular complexity index is 2110. The largest absolute Gasteiger partial charge is 0.394 e. The Morgan fingerprint density at radius 1 is 0.925 bits per heavy atom. The highest BCUT2D eigenvalue weighted by Crippen LogP contribution is 2.61. The molecule has 0 unspecified atom stereocenters. The molecule has 1 N–H and O–H groups in total. The standard InChI is InChI=1S/C42H43FN4O5Si/c1-27-40(53(2,3)43)37(24-39(50)45-25-30-15-11-10-14-29(30)22-33(45)26-48)52-42(27)34-23-32(18-20-36(34)46(41(42)51)31-16-8-5-9-17-31)47-38(49)21-19-35(44-47)28-12-6-4-7-13-28/h4-18,20,23,27,33,37,40,48H,19,21-22,24-26H2,1-3H3/t27-,33+,37+,40-,42+/m1/s1. The lowest BCUT2D eigenvalue weighted by molar-refractivity contribution is -0.150. The number of halogens is 1. The van der Waals surface area contributed by atoms with Gasteiger partial charge >= 0.3 is 0 Å². The maximum Gasteiger partial charge on any atom is 0.268 e. The Morgan fingerprint density at radius 2 is 1.60 bits per heavy atom. The number of aliphatic hydroxyl groups excluding tert-OH is 1. The Labute approximate surface area is 309 Å². The number of carbonyl (C=O) groups excluding carboxylic acids is 3. The van der Waals surface area contributed by atoms with Gasteiger partial charge in [0.05, 0.1) is 42.3 Å². The predicted octanol–water partition coefficient (Wildman–Crippen LogP) is 7.01. The van der Waals surface area contributed by atoms with Gasteiger partial charge in [-0.1, -0.05) is 79.7 Å². The monoisotopic (exact) mass is 730 g/mol. The van der Waals surface area contributed by atoms with Crippen molar-refractivity contribution >= 4 is 48.9 Å². The Hall–Kier alpha value is -4.97. The molecular formula is C42H43FN4O5Si. The van der Waals surface area contributed by atoms with Crippen LogP contribution in [0.1, 0.15) is 48.4 Å². The summed E-state index contributed by atoms with van der Waals surface area (Å²) in [4.78, 5) is 46.1. The Morgan fingerprint density at radius 3 is 2.30 bits per heavy atom. The summed E-state index contributed by atoms with van der Waals surface area (Å²) in [5.74, 6) is -1.45. The molecule has 1 spiro atoms. The van der Waals surface area contributed by atoms with E-state index in [-0.39, 0.29) is 37.2 Å². The van der Waals surface area contributed by atoms with Crippen molar-refractivity contribution in [2.45, 2.75) is 75.5 Å². The van der Waals surface area contributed by atoms with Gasteiger partial charge in [-0.3, -0.25) is 19.3 Å². The minimum Gasteiger partial charge on any atom is -0.394 e. The normalized spacial score (nSPS) is 25.5. The van der Waals surface area contributed by atoms with E-state index >= 15 is 8.90 Å². The molecule has 4 heterocycles. The number of carbonyl (C=O) groups is 3. The molecule has 1 saturated heterocycles. The molecule has 9 nitrogen and oxygen atoms in total. The van der Waals surface area contributed by atoms with E-state index < -0.39 is 37.6 Å². The quantitative estimate of drug-likeness (QED) is 0.163. The Kier molecular flexibility index (Phi) is 8.91. The van der Waals surface area contributed by atoms with Gasteiger partial charge in [0.2, 0.25) is 20.2 Å². The van der Waals surface area contributed by atoms with Crippen LogP contribution in [-0.4, -0.2) is 60.6 Å². The number of nitrogens with zero attached hydrogens (tertiary/aromatic N) is 4. The zero-order chi connectivity index (χ0) is 37.1. The van der Waals surface area contributed by atoms with Crippen LogP contribution in [0.3, 0.4) is 0 Å². The average Bonchev–Trinajstić information content (AvgIpc) is 3.60. The van der Waals surface area contributed by atoms with Crippen molar-refractivity contribution in [2.75, 3.05) is 16.5 Å². The molecule has 3 amide bonds.